The van der Waals surface area contributed by atoms with Crippen LogP contribution in [-0.4, -0.2) is 30.1 Å². The molecule has 0 aliphatic heterocycles. The molecular formula is C12H16ClN5O2S. The summed E-state index contributed by atoms with van der Waals surface area (Å²) in [7, 11) is -3.65. The Balaban J connectivity index is 2.17. The van der Waals surface area contributed by atoms with E-state index in [0.29, 0.717) is 28.4 Å². The van der Waals surface area contributed by atoms with E-state index in [0.717, 1.165) is 0 Å². The predicted octanol–water partition coefficient (Wildman–Crippen LogP) is 0.746. The van der Waals surface area contributed by atoms with Crippen LogP contribution >= 0.6 is 11.6 Å². The molecule has 0 atom stereocenters. The van der Waals surface area contributed by atoms with Crippen molar-refractivity contribution in [2.75, 3.05) is 6.54 Å². The first-order valence-electron chi connectivity index (χ1n) is 6.27. The number of nitrogens with one attached hydrogen (secondary N) is 2. The van der Waals surface area contributed by atoms with Gasteiger partial charge in [0.1, 0.15) is 12.2 Å². The van der Waals surface area contributed by atoms with Gasteiger partial charge in [-0.3, -0.25) is 5.10 Å². The van der Waals surface area contributed by atoms with Crippen LogP contribution in [0.1, 0.15) is 17.0 Å². The summed E-state index contributed by atoms with van der Waals surface area (Å²) < 4.78 is 27.2. The van der Waals surface area contributed by atoms with Crippen molar-refractivity contribution in [1.82, 2.24) is 19.9 Å². The minimum absolute atomic E-state index is 0.146. The number of sulfonamides is 1. The maximum absolute atomic E-state index is 12.3. The Morgan fingerprint density at radius 1 is 1.43 bits per heavy atom. The third-order valence-corrected chi connectivity index (χ3v) is 4.87. The largest absolute Gasteiger partial charge is 0.326 e. The summed E-state index contributed by atoms with van der Waals surface area (Å²) in [6, 6.07) is 3.09. The van der Waals surface area contributed by atoms with Gasteiger partial charge in [0.2, 0.25) is 10.0 Å². The molecule has 1 aromatic carbocycles. The molecule has 21 heavy (non-hydrogen) atoms. The number of benzene rings is 1. The van der Waals surface area contributed by atoms with E-state index >= 15 is 0 Å². The molecule has 0 unspecified atom stereocenters. The van der Waals surface area contributed by atoms with E-state index in [9.17, 15) is 8.42 Å². The van der Waals surface area contributed by atoms with E-state index in [4.69, 9.17) is 17.3 Å². The van der Waals surface area contributed by atoms with Gasteiger partial charge in [-0.15, -0.1) is 0 Å². The van der Waals surface area contributed by atoms with Gasteiger partial charge in [0.15, 0.2) is 0 Å². The van der Waals surface area contributed by atoms with Crippen molar-refractivity contribution in [3.05, 3.63) is 40.4 Å². The predicted molar refractivity (Wildman–Crippen MR) is 79.4 cm³/mol. The Morgan fingerprint density at radius 2 is 2.19 bits per heavy atom. The third kappa shape index (κ3) is 3.79. The highest BCUT2D eigenvalue weighted by atomic mass is 35.5. The maximum Gasteiger partial charge on any atom is 0.240 e. The molecule has 2 rings (SSSR count). The van der Waals surface area contributed by atoms with Crippen molar-refractivity contribution >= 4 is 21.6 Å². The molecule has 9 heteroatoms. The Kier molecular flexibility index (Phi) is 4.94. The van der Waals surface area contributed by atoms with Crippen LogP contribution in [0.5, 0.6) is 0 Å². The Hall–Kier alpha value is -1.48. The van der Waals surface area contributed by atoms with Crippen molar-refractivity contribution in [3.63, 3.8) is 0 Å². The van der Waals surface area contributed by atoms with Gasteiger partial charge in [-0.25, -0.2) is 18.1 Å². The highest BCUT2D eigenvalue weighted by Crippen LogP contribution is 2.24. The normalized spacial score (nSPS) is 11.8. The fourth-order valence-corrected chi connectivity index (χ4v) is 3.58. The van der Waals surface area contributed by atoms with E-state index in [1.165, 1.54) is 12.4 Å². The first-order valence-corrected chi connectivity index (χ1v) is 8.13. The van der Waals surface area contributed by atoms with Crippen molar-refractivity contribution < 1.29 is 8.42 Å². The van der Waals surface area contributed by atoms with E-state index < -0.39 is 10.0 Å². The average molecular weight is 330 g/mol. The van der Waals surface area contributed by atoms with Crippen LogP contribution < -0.4 is 10.5 Å². The minimum Gasteiger partial charge on any atom is -0.326 e. The van der Waals surface area contributed by atoms with Gasteiger partial charge in [0.05, 0.1) is 4.90 Å². The average Bonchev–Trinajstić information content (AvgIpc) is 2.93. The van der Waals surface area contributed by atoms with E-state index in [2.05, 4.69) is 19.9 Å². The second-order valence-corrected chi connectivity index (χ2v) is 6.64. The second-order valence-electron chi connectivity index (χ2n) is 4.47. The van der Waals surface area contributed by atoms with Gasteiger partial charge in [0, 0.05) is 24.5 Å². The molecule has 0 bridgehead atoms. The zero-order chi connectivity index (χ0) is 15.5. The number of H-pyrrole nitrogens is 1. The van der Waals surface area contributed by atoms with Gasteiger partial charge in [0.25, 0.3) is 0 Å². The SMILES string of the molecule is Cc1c(CN)cc(Cl)cc1S(=O)(=O)NCCc1ncn[nH]1. The number of aromatic amines is 1. The Labute approximate surface area is 128 Å². The van der Waals surface area contributed by atoms with Crippen LogP contribution in [0, 0.1) is 6.92 Å². The van der Waals surface area contributed by atoms with Crippen LogP contribution in [0.4, 0.5) is 0 Å². The quantitative estimate of drug-likeness (QED) is 0.723. The van der Waals surface area contributed by atoms with Gasteiger partial charge < -0.3 is 5.73 Å². The number of hydrogen-bond donors (Lipinski definition) is 3. The Bertz CT molecular complexity index is 715. The summed E-state index contributed by atoms with van der Waals surface area (Å²) in [5.74, 6) is 0.614. The molecule has 0 radical (unpaired) electrons. The van der Waals surface area contributed by atoms with Gasteiger partial charge >= 0.3 is 0 Å². The topological polar surface area (TPSA) is 114 Å². The fraction of sp³-hybridized carbons (Fsp3) is 0.333. The van der Waals surface area contributed by atoms with E-state index in [1.54, 1.807) is 13.0 Å². The van der Waals surface area contributed by atoms with E-state index in [1.807, 2.05) is 0 Å². The maximum atomic E-state index is 12.3. The number of halogens is 1. The van der Waals surface area contributed by atoms with Gasteiger partial charge in [-0.05, 0) is 30.2 Å². The summed E-state index contributed by atoms with van der Waals surface area (Å²) in [6.45, 7) is 2.15. The molecule has 0 fully saturated rings. The molecular weight excluding hydrogens is 314 g/mol. The molecule has 114 valence electrons. The summed E-state index contributed by atoms with van der Waals surface area (Å²) in [6.07, 6.45) is 1.79. The highest BCUT2D eigenvalue weighted by molar-refractivity contribution is 7.89. The highest BCUT2D eigenvalue weighted by Gasteiger charge is 2.19. The summed E-state index contributed by atoms with van der Waals surface area (Å²) in [5.41, 5.74) is 6.91. The van der Waals surface area contributed by atoms with Crippen molar-refractivity contribution in [2.24, 2.45) is 5.73 Å². The van der Waals surface area contributed by atoms with Crippen LogP contribution in [0.2, 0.25) is 5.02 Å². The lowest BCUT2D eigenvalue weighted by atomic mass is 10.1. The molecule has 1 heterocycles. The molecule has 0 saturated heterocycles. The molecule has 0 aliphatic rings. The monoisotopic (exact) mass is 329 g/mol. The molecule has 0 spiro atoms. The van der Waals surface area contributed by atoms with Crippen molar-refractivity contribution in [3.8, 4) is 0 Å². The summed E-state index contributed by atoms with van der Waals surface area (Å²) in [4.78, 5) is 4.07. The lowest BCUT2D eigenvalue weighted by molar-refractivity contribution is 0.580. The van der Waals surface area contributed by atoms with E-state index in [-0.39, 0.29) is 18.0 Å². The van der Waals surface area contributed by atoms with Gasteiger partial charge in [-0.1, -0.05) is 11.6 Å². The Morgan fingerprint density at radius 3 is 2.81 bits per heavy atom. The summed E-state index contributed by atoms with van der Waals surface area (Å²) in [5, 5.41) is 6.71. The molecule has 0 saturated carbocycles. The van der Waals surface area contributed by atoms with Crippen LogP contribution in [-0.2, 0) is 23.0 Å². The number of aromatic nitrogens is 3. The fourth-order valence-electron chi connectivity index (χ4n) is 1.93. The molecule has 1 aromatic heterocycles. The second kappa shape index (κ2) is 6.52. The smallest absolute Gasteiger partial charge is 0.240 e. The summed E-state index contributed by atoms with van der Waals surface area (Å²) >= 11 is 5.95. The van der Waals surface area contributed by atoms with Crippen LogP contribution in [0.3, 0.4) is 0 Å². The van der Waals surface area contributed by atoms with Crippen LogP contribution in [0.25, 0.3) is 0 Å². The first-order chi connectivity index (χ1) is 9.94. The third-order valence-electron chi connectivity index (χ3n) is 3.06. The number of nitrogens with zero attached hydrogens (tertiary/aromatic N) is 2. The molecule has 0 aliphatic carbocycles. The zero-order valence-electron chi connectivity index (χ0n) is 11.4. The number of hydrogen-bond acceptors (Lipinski definition) is 5. The molecule has 0 amide bonds. The molecule has 7 nitrogen and oxygen atoms in total. The molecule has 4 N–H and O–H groups in total. The number of rotatable bonds is 6. The van der Waals surface area contributed by atoms with Crippen LogP contribution in [0.15, 0.2) is 23.4 Å². The lowest BCUT2D eigenvalue weighted by Gasteiger charge is -2.12. The zero-order valence-corrected chi connectivity index (χ0v) is 13.0. The van der Waals surface area contributed by atoms with Crippen molar-refractivity contribution in [1.29, 1.82) is 0 Å². The van der Waals surface area contributed by atoms with Crippen molar-refractivity contribution in [2.45, 2.75) is 24.8 Å². The number of nitrogens with two attached hydrogens (primary N) is 1. The minimum atomic E-state index is -3.65. The first kappa shape index (κ1) is 15.9. The molecule has 2 aromatic rings. The lowest BCUT2D eigenvalue weighted by Crippen LogP contribution is -2.27. The van der Waals surface area contributed by atoms with Gasteiger partial charge in [-0.2, -0.15) is 5.10 Å². The standard InChI is InChI=1S/C12H16ClN5O2S/c1-8-9(6-14)4-10(13)5-11(8)21(19,20)17-3-2-12-15-7-16-18-12/h4-5,7,17H,2-3,6,14H2,1H3,(H,15,16,18).